The predicted octanol–water partition coefficient (Wildman–Crippen LogP) is 2.20. The summed E-state index contributed by atoms with van der Waals surface area (Å²) in [5.74, 6) is -1.06. The SMILES string of the molecule is Cl.Nc1ccc2c(c1)CCCC2C(=O)O. The molecule has 82 valence electrons. The Bertz CT molecular complexity index is 379. The van der Waals surface area contributed by atoms with Crippen LogP contribution in [-0.4, -0.2) is 11.1 Å². The zero-order valence-corrected chi connectivity index (χ0v) is 9.09. The van der Waals surface area contributed by atoms with Crippen LogP contribution >= 0.6 is 12.4 Å². The predicted molar refractivity (Wildman–Crippen MR) is 61.4 cm³/mol. The molecule has 0 amide bonds. The highest BCUT2D eigenvalue weighted by atomic mass is 35.5. The Morgan fingerprint density at radius 1 is 1.47 bits per heavy atom. The van der Waals surface area contributed by atoms with Crippen molar-refractivity contribution in [2.45, 2.75) is 25.2 Å². The average Bonchev–Trinajstić information content (AvgIpc) is 2.16. The van der Waals surface area contributed by atoms with Crippen molar-refractivity contribution in [2.24, 2.45) is 0 Å². The van der Waals surface area contributed by atoms with Gasteiger partial charge in [-0.05, 0) is 42.5 Å². The molecule has 0 saturated heterocycles. The number of nitrogens with two attached hydrogens (primary N) is 1. The minimum Gasteiger partial charge on any atom is -0.481 e. The molecule has 1 aliphatic rings. The monoisotopic (exact) mass is 227 g/mol. The lowest BCUT2D eigenvalue weighted by Crippen LogP contribution is -2.18. The Hall–Kier alpha value is -1.22. The average molecular weight is 228 g/mol. The molecule has 3 nitrogen and oxygen atoms in total. The van der Waals surface area contributed by atoms with Crippen molar-refractivity contribution in [3.63, 3.8) is 0 Å². The highest BCUT2D eigenvalue weighted by molar-refractivity contribution is 5.85. The zero-order valence-electron chi connectivity index (χ0n) is 8.27. The number of rotatable bonds is 1. The van der Waals surface area contributed by atoms with Crippen LogP contribution in [-0.2, 0) is 11.2 Å². The van der Waals surface area contributed by atoms with E-state index in [1.54, 1.807) is 6.07 Å². The molecular weight excluding hydrogens is 214 g/mol. The Balaban J connectivity index is 0.00000112. The van der Waals surface area contributed by atoms with Crippen molar-refractivity contribution < 1.29 is 9.90 Å². The van der Waals surface area contributed by atoms with Crippen LogP contribution in [0, 0.1) is 0 Å². The van der Waals surface area contributed by atoms with Gasteiger partial charge in [0, 0.05) is 5.69 Å². The van der Waals surface area contributed by atoms with Gasteiger partial charge < -0.3 is 10.8 Å². The van der Waals surface area contributed by atoms with E-state index in [0.29, 0.717) is 0 Å². The minimum absolute atomic E-state index is 0. The molecule has 1 atom stereocenters. The van der Waals surface area contributed by atoms with Gasteiger partial charge in [0.15, 0.2) is 0 Å². The molecule has 15 heavy (non-hydrogen) atoms. The van der Waals surface area contributed by atoms with Crippen LogP contribution in [0.25, 0.3) is 0 Å². The fourth-order valence-electron chi connectivity index (χ4n) is 2.09. The summed E-state index contributed by atoms with van der Waals surface area (Å²) in [5, 5.41) is 9.02. The fourth-order valence-corrected chi connectivity index (χ4v) is 2.09. The van der Waals surface area contributed by atoms with Gasteiger partial charge in [-0.2, -0.15) is 0 Å². The molecule has 0 radical (unpaired) electrons. The Morgan fingerprint density at radius 2 is 2.20 bits per heavy atom. The van der Waals surface area contributed by atoms with Crippen LogP contribution in [0.1, 0.15) is 29.9 Å². The number of benzene rings is 1. The summed E-state index contributed by atoms with van der Waals surface area (Å²) < 4.78 is 0. The lowest BCUT2D eigenvalue weighted by molar-refractivity contribution is -0.139. The topological polar surface area (TPSA) is 63.3 Å². The number of carbonyl (C=O) groups is 1. The molecule has 4 heteroatoms. The van der Waals surface area contributed by atoms with E-state index in [4.69, 9.17) is 10.8 Å². The van der Waals surface area contributed by atoms with Crippen LogP contribution in [0.15, 0.2) is 18.2 Å². The molecule has 1 aromatic rings. The molecule has 0 fully saturated rings. The molecule has 0 saturated carbocycles. The number of hydrogen-bond donors (Lipinski definition) is 2. The number of anilines is 1. The third-order valence-electron chi connectivity index (χ3n) is 2.78. The number of fused-ring (bicyclic) bond motifs is 1. The van der Waals surface area contributed by atoms with Gasteiger partial charge in [0.2, 0.25) is 0 Å². The summed E-state index contributed by atoms with van der Waals surface area (Å²) in [6.07, 6.45) is 2.63. The smallest absolute Gasteiger partial charge is 0.310 e. The summed E-state index contributed by atoms with van der Waals surface area (Å²) in [4.78, 5) is 11.0. The molecule has 0 heterocycles. The molecule has 0 aliphatic heterocycles. The molecular formula is C11H14ClNO2. The van der Waals surface area contributed by atoms with Crippen LogP contribution in [0.4, 0.5) is 5.69 Å². The largest absolute Gasteiger partial charge is 0.481 e. The molecule has 1 aliphatic carbocycles. The molecule has 0 bridgehead atoms. The van der Waals surface area contributed by atoms with Gasteiger partial charge in [0.1, 0.15) is 0 Å². The van der Waals surface area contributed by atoms with Crippen molar-refractivity contribution >= 4 is 24.1 Å². The van der Waals surface area contributed by atoms with Crippen LogP contribution in [0.5, 0.6) is 0 Å². The van der Waals surface area contributed by atoms with E-state index in [1.807, 2.05) is 12.1 Å². The van der Waals surface area contributed by atoms with E-state index >= 15 is 0 Å². The van der Waals surface area contributed by atoms with Gasteiger partial charge in [0.25, 0.3) is 0 Å². The zero-order chi connectivity index (χ0) is 10.1. The second-order valence-electron chi connectivity index (χ2n) is 3.74. The standard InChI is InChI=1S/C11H13NO2.ClH/c12-8-4-5-9-7(6-8)2-1-3-10(9)11(13)14;/h4-6,10H,1-3,12H2,(H,13,14);1H. The fraction of sp³-hybridized carbons (Fsp3) is 0.364. The van der Waals surface area contributed by atoms with E-state index in [0.717, 1.165) is 36.1 Å². The third kappa shape index (κ3) is 2.23. The highest BCUT2D eigenvalue weighted by Crippen LogP contribution is 2.32. The molecule has 0 aromatic heterocycles. The highest BCUT2D eigenvalue weighted by Gasteiger charge is 2.25. The second-order valence-corrected chi connectivity index (χ2v) is 3.74. The first-order valence-corrected chi connectivity index (χ1v) is 4.79. The van der Waals surface area contributed by atoms with Crippen LogP contribution in [0.3, 0.4) is 0 Å². The quantitative estimate of drug-likeness (QED) is 0.723. The van der Waals surface area contributed by atoms with Crippen molar-refractivity contribution in [3.05, 3.63) is 29.3 Å². The maximum absolute atomic E-state index is 11.0. The first kappa shape index (κ1) is 11.9. The van der Waals surface area contributed by atoms with Gasteiger partial charge >= 0.3 is 5.97 Å². The van der Waals surface area contributed by atoms with Crippen molar-refractivity contribution in [1.29, 1.82) is 0 Å². The second kappa shape index (κ2) is 4.53. The number of aryl methyl sites for hydroxylation is 1. The van der Waals surface area contributed by atoms with Crippen molar-refractivity contribution in [3.8, 4) is 0 Å². The Kier molecular flexibility index (Phi) is 3.58. The van der Waals surface area contributed by atoms with Crippen LogP contribution in [0.2, 0.25) is 0 Å². The van der Waals surface area contributed by atoms with Gasteiger partial charge in [-0.1, -0.05) is 6.07 Å². The van der Waals surface area contributed by atoms with Gasteiger partial charge in [-0.3, -0.25) is 4.79 Å². The summed E-state index contributed by atoms with van der Waals surface area (Å²) in [6, 6.07) is 5.52. The number of nitrogen functional groups attached to an aromatic ring is 1. The van der Waals surface area contributed by atoms with E-state index in [1.165, 1.54) is 0 Å². The first-order valence-electron chi connectivity index (χ1n) is 4.79. The molecule has 0 spiro atoms. The molecule has 2 rings (SSSR count). The molecule has 1 unspecified atom stereocenters. The van der Waals surface area contributed by atoms with E-state index in [9.17, 15) is 4.79 Å². The van der Waals surface area contributed by atoms with Gasteiger partial charge in [-0.25, -0.2) is 0 Å². The summed E-state index contributed by atoms with van der Waals surface area (Å²) in [6.45, 7) is 0. The lowest BCUT2D eigenvalue weighted by atomic mass is 9.83. The molecule has 1 aromatic carbocycles. The Labute approximate surface area is 94.7 Å². The normalized spacial score (nSPS) is 18.8. The number of aliphatic carboxylic acids is 1. The molecule has 3 N–H and O–H groups in total. The first-order chi connectivity index (χ1) is 6.68. The number of carboxylic acids is 1. The summed E-state index contributed by atoms with van der Waals surface area (Å²) in [7, 11) is 0. The lowest BCUT2D eigenvalue weighted by Gasteiger charge is -2.22. The Morgan fingerprint density at radius 3 is 2.87 bits per heavy atom. The van der Waals surface area contributed by atoms with E-state index in [2.05, 4.69) is 0 Å². The maximum Gasteiger partial charge on any atom is 0.310 e. The van der Waals surface area contributed by atoms with Crippen LogP contribution < -0.4 is 5.73 Å². The number of carboxylic acid groups (broad SMARTS) is 1. The van der Waals surface area contributed by atoms with E-state index in [-0.39, 0.29) is 18.3 Å². The summed E-state index contributed by atoms with van der Waals surface area (Å²) >= 11 is 0. The van der Waals surface area contributed by atoms with Gasteiger partial charge in [-0.15, -0.1) is 12.4 Å². The minimum atomic E-state index is -0.726. The van der Waals surface area contributed by atoms with Gasteiger partial charge in [0.05, 0.1) is 5.92 Å². The van der Waals surface area contributed by atoms with E-state index < -0.39 is 5.97 Å². The summed E-state index contributed by atoms with van der Waals surface area (Å²) in [5.41, 5.74) is 8.42. The number of halogens is 1. The van der Waals surface area contributed by atoms with Crippen molar-refractivity contribution in [1.82, 2.24) is 0 Å². The number of hydrogen-bond acceptors (Lipinski definition) is 2. The maximum atomic E-state index is 11.0. The van der Waals surface area contributed by atoms with Crippen molar-refractivity contribution in [2.75, 3.05) is 5.73 Å². The third-order valence-corrected chi connectivity index (χ3v) is 2.78.